The van der Waals surface area contributed by atoms with Crippen molar-refractivity contribution in [1.82, 2.24) is 4.57 Å². The molecule has 2 aromatic heterocycles. The Labute approximate surface area is 245 Å². The highest BCUT2D eigenvalue weighted by molar-refractivity contribution is 7.07. The SMILES string of the molecule is COc1ccc([C@@H]2C3=C(N=c4s/c(=C\c5ccc(-c6cccc(Cl)c6)o5)c(=O)n42)c2ccccc2CC3)cc1OC. The molecule has 6 nitrogen and oxygen atoms in total. The van der Waals surface area contributed by atoms with Crippen LogP contribution < -0.4 is 24.4 Å². The van der Waals surface area contributed by atoms with Crippen LogP contribution in [0, 0.1) is 0 Å². The van der Waals surface area contributed by atoms with Crippen LogP contribution in [0.3, 0.4) is 0 Å². The Morgan fingerprint density at radius 2 is 1.83 bits per heavy atom. The second-order valence-corrected chi connectivity index (χ2v) is 11.4. The number of aryl methyl sites for hydroxylation is 1. The van der Waals surface area contributed by atoms with Gasteiger partial charge in [-0.15, -0.1) is 0 Å². The molecule has 5 aromatic rings. The normalized spacial score (nSPS) is 16.1. The van der Waals surface area contributed by atoms with E-state index in [4.69, 9.17) is 30.5 Å². The number of rotatable bonds is 5. The molecule has 8 heteroatoms. The lowest BCUT2D eigenvalue weighted by Crippen LogP contribution is -2.38. The van der Waals surface area contributed by atoms with E-state index in [2.05, 4.69) is 18.2 Å². The third-order valence-electron chi connectivity index (χ3n) is 7.61. The standard InChI is InChI=1S/C33H25ClN2O4S/c1-38-27-14-11-21(17-28(27)39-2)31-25-13-10-19-6-3-4-9-24(19)30(25)35-33-36(31)32(37)29(41-33)18-23-12-15-26(40-23)20-7-5-8-22(34)16-20/h3-9,11-12,14-18,31H,10,13H2,1-2H3/b29-18-/t31-/m1/s1. The van der Waals surface area contributed by atoms with Crippen LogP contribution in [0.2, 0.25) is 5.02 Å². The molecule has 0 radical (unpaired) electrons. The molecule has 3 aromatic carbocycles. The topological polar surface area (TPSA) is 66.0 Å². The molecule has 0 unspecified atom stereocenters. The molecular formula is C33H25ClN2O4S. The van der Waals surface area contributed by atoms with E-state index in [1.165, 1.54) is 16.9 Å². The van der Waals surface area contributed by atoms with Crippen LogP contribution in [0.5, 0.6) is 11.5 Å². The van der Waals surface area contributed by atoms with Crippen molar-refractivity contribution in [1.29, 1.82) is 0 Å². The number of halogens is 1. The van der Waals surface area contributed by atoms with E-state index in [0.29, 0.717) is 37.4 Å². The predicted molar refractivity (Wildman–Crippen MR) is 161 cm³/mol. The second kappa shape index (κ2) is 10.3. The van der Waals surface area contributed by atoms with Gasteiger partial charge in [0.15, 0.2) is 16.3 Å². The van der Waals surface area contributed by atoms with Gasteiger partial charge in [0.05, 0.1) is 30.5 Å². The van der Waals surface area contributed by atoms with Crippen molar-refractivity contribution in [3.8, 4) is 22.8 Å². The van der Waals surface area contributed by atoms with E-state index >= 15 is 0 Å². The lowest BCUT2D eigenvalue weighted by molar-refractivity contribution is 0.354. The highest BCUT2D eigenvalue weighted by Crippen LogP contribution is 2.42. The van der Waals surface area contributed by atoms with Crippen molar-refractivity contribution in [3.05, 3.63) is 132 Å². The highest BCUT2D eigenvalue weighted by Gasteiger charge is 2.33. The number of methoxy groups -OCH3 is 2. The number of allylic oxidation sites excluding steroid dienone is 1. The first-order valence-electron chi connectivity index (χ1n) is 13.2. The summed E-state index contributed by atoms with van der Waals surface area (Å²) < 4.78 is 19.6. The molecule has 204 valence electrons. The van der Waals surface area contributed by atoms with E-state index in [9.17, 15) is 4.79 Å². The summed E-state index contributed by atoms with van der Waals surface area (Å²) in [7, 11) is 3.24. The number of hydrogen-bond acceptors (Lipinski definition) is 6. The largest absolute Gasteiger partial charge is 0.493 e. The van der Waals surface area contributed by atoms with Crippen molar-refractivity contribution in [2.24, 2.45) is 4.99 Å². The van der Waals surface area contributed by atoms with Gasteiger partial charge >= 0.3 is 0 Å². The van der Waals surface area contributed by atoms with Crippen LogP contribution in [-0.4, -0.2) is 18.8 Å². The number of benzene rings is 3. The van der Waals surface area contributed by atoms with Gasteiger partial charge in [0.2, 0.25) is 0 Å². The monoisotopic (exact) mass is 580 g/mol. The zero-order valence-electron chi connectivity index (χ0n) is 22.4. The van der Waals surface area contributed by atoms with Gasteiger partial charge < -0.3 is 13.9 Å². The van der Waals surface area contributed by atoms with E-state index in [-0.39, 0.29) is 11.6 Å². The molecule has 1 aliphatic carbocycles. The number of furan rings is 1. The van der Waals surface area contributed by atoms with Crippen molar-refractivity contribution in [3.63, 3.8) is 0 Å². The first kappa shape index (κ1) is 25.6. The third-order valence-corrected chi connectivity index (χ3v) is 8.82. The van der Waals surface area contributed by atoms with Gasteiger partial charge in [-0.25, -0.2) is 4.99 Å². The van der Waals surface area contributed by atoms with Crippen LogP contribution in [-0.2, 0) is 6.42 Å². The number of ether oxygens (including phenoxy) is 2. The molecule has 0 bridgehead atoms. The van der Waals surface area contributed by atoms with Gasteiger partial charge in [0.1, 0.15) is 11.5 Å². The fraction of sp³-hybridized carbons (Fsp3) is 0.152. The maximum atomic E-state index is 14.1. The maximum Gasteiger partial charge on any atom is 0.271 e. The van der Waals surface area contributed by atoms with Crippen LogP contribution >= 0.6 is 22.9 Å². The Bertz CT molecular complexity index is 2030. The number of fused-ring (bicyclic) bond motifs is 3. The number of nitrogens with zero attached hydrogens (tertiary/aromatic N) is 2. The zero-order valence-corrected chi connectivity index (χ0v) is 24.0. The van der Waals surface area contributed by atoms with Gasteiger partial charge in [-0.2, -0.15) is 0 Å². The molecule has 41 heavy (non-hydrogen) atoms. The number of thiazole rings is 1. The van der Waals surface area contributed by atoms with Crippen molar-refractivity contribution in [2.45, 2.75) is 18.9 Å². The Kier molecular flexibility index (Phi) is 6.41. The summed E-state index contributed by atoms with van der Waals surface area (Å²) in [5, 5.41) is 0.634. The van der Waals surface area contributed by atoms with E-state index < -0.39 is 0 Å². The van der Waals surface area contributed by atoms with Crippen LogP contribution in [0.4, 0.5) is 0 Å². The molecule has 1 aliphatic heterocycles. The Morgan fingerprint density at radius 3 is 2.66 bits per heavy atom. The molecule has 3 heterocycles. The molecule has 0 saturated carbocycles. The lowest BCUT2D eigenvalue weighted by Gasteiger charge is -2.31. The summed E-state index contributed by atoms with van der Waals surface area (Å²) in [6.07, 6.45) is 3.48. The quantitative estimate of drug-likeness (QED) is 0.246. The van der Waals surface area contributed by atoms with Gasteiger partial charge in [0, 0.05) is 22.2 Å². The molecule has 0 fully saturated rings. The first-order chi connectivity index (χ1) is 20.0. The van der Waals surface area contributed by atoms with E-state index in [1.54, 1.807) is 20.3 Å². The number of hydrogen-bond donors (Lipinski definition) is 0. The third kappa shape index (κ3) is 4.42. The van der Waals surface area contributed by atoms with Gasteiger partial charge in [-0.3, -0.25) is 9.36 Å². The first-order valence-corrected chi connectivity index (χ1v) is 14.4. The Balaban J connectivity index is 1.41. The average Bonchev–Trinajstić information content (AvgIpc) is 3.60. The lowest BCUT2D eigenvalue weighted by atomic mass is 9.83. The summed E-state index contributed by atoms with van der Waals surface area (Å²) in [5.74, 6) is 2.52. The fourth-order valence-corrected chi connectivity index (χ4v) is 6.87. The van der Waals surface area contributed by atoms with E-state index in [0.717, 1.165) is 40.8 Å². The van der Waals surface area contributed by atoms with Gasteiger partial charge in [0.25, 0.3) is 5.56 Å². The molecule has 0 saturated heterocycles. The van der Waals surface area contributed by atoms with Crippen LogP contribution in [0.25, 0.3) is 23.1 Å². The minimum Gasteiger partial charge on any atom is -0.493 e. The highest BCUT2D eigenvalue weighted by atomic mass is 35.5. The molecular weight excluding hydrogens is 556 g/mol. The minimum atomic E-state index is -0.324. The van der Waals surface area contributed by atoms with Crippen molar-refractivity contribution >= 4 is 34.7 Å². The molecule has 0 spiro atoms. The van der Waals surface area contributed by atoms with Crippen LogP contribution in [0.1, 0.15) is 34.9 Å². The molecule has 1 atom stereocenters. The summed E-state index contributed by atoms with van der Waals surface area (Å²) in [5.41, 5.74) is 6.16. The summed E-state index contributed by atoms with van der Waals surface area (Å²) in [6, 6.07) is 25.1. The maximum absolute atomic E-state index is 14.1. The van der Waals surface area contributed by atoms with Crippen molar-refractivity contribution in [2.75, 3.05) is 14.2 Å². The predicted octanol–water partition coefficient (Wildman–Crippen LogP) is 6.25. The summed E-state index contributed by atoms with van der Waals surface area (Å²) >= 11 is 7.54. The molecule has 0 amide bonds. The zero-order chi connectivity index (χ0) is 28.1. The van der Waals surface area contributed by atoms with Crippen molar-refractivity contribution < 1.29 is 13.9 Å². The molecule has 2 aliphatic rings. The molecule has 0 N–H and O–H groups in total. The summed E-state index contributed by atoms with van der Waals surface area (Å²) in [4.78, 5) is 19.8. The Morgan fingerprint density at radius 1 is 0.976 bits per heavy atom. The van der Waals surface area contributed by atoms with E-state index in [1.807, 2.05) is 65.2 Å². The minimum absolute atomic E-state index is 0.111. The smallest absolute Gasteiger partial charge is 0.271 e. The second-order valence-electron chi connectivity index (χ2n) is 9.94. The number of aromatic nitrogens is 1. The Hall–Kier alpha value is -4.33. The van der Waals surface area contributed by atoms with Crippen LogP contribution in [0.15, 0.2) is 98.6 Å². The molecule has 7 rings (SSSR count). The van der Waals surface area contributed by atoms with Gasteiger partial charge in [-0.05, 0) is 65.9 Å². The summed E-state index contributed by atoms with van der Waals surface area (Å²) in [6.45, 7) is 0. The fourth-order valence-electron chi connectivity index (χ4n) is 5.70. The average molecular weight is 581 g/mol. The van der Waals surface area contributed by atoms with Gasteiger partial charge in [-0.1, -0.05) is 65.4 Å².